The van der Waals surface area contributed by atoms with Crippen LogP contribution in [0.15, 0.2) is 90.1 Å². The van der Waals surface area contributed by atoms with Crippen LogP contribution in [-0.4, -0.2) is 29.4 Å². The number of aromatic nitrogens is 2. The van der Waals surface area contributed by atoms with Gasteiger partial charge >= 0.3 is 0 Å². The maximum absolute atomic E-state index is 13.7. The topological polar surface area (TPSA) is 50.2 Å². The van der Waals surface area contributed by atoms with E-state index in [1.807, 2.05) is 69.6 Å². The van der Waals surface area contributed by atoms with E-state index in [0.29, 0.717) is 5.56 Å². The Bertz CT molecular complexity index is 1300. The van der Waals surface area contributed by atoms with E-state index in [9.17, 15) is 4.79 Å². The molecule has 0 saturated heterocycles. The molecule has 1 atom stereocenters. The Labute approximate surface area is 181 Å². The molecule has 4 aromatic rings. The summed E-state index contributed by atoms with van der Waals surface area (Å²) in [4.78, 5) is 20.6. The number of benzene rings is 3. The zero-order valence-corrected chi connectivity index (χ0v) is 17.8. The Hall–Kier alpha value is -3.86. The van der Waals surface area contributed by atoms with Crippen molar-refractivity contribution in [3.05, 3.63) is 101 Å². The lowest BCUT2D eigenvalue weighted by atomic mass is 9.89. The molecule has 5 rings (SSSR count). The highest BCUT2D eigenvalue weighted by Gasteiger charge is 2.34. The first-order chi connectivity index (χ1) is 15.0. The van der Waals surface area contributed by atoms with Crippen LogP contribution in [0, 0.1) is 0 Å². The summed E-state index contributed by atoms with van der Waals surface area (Å²) in [5, 5.41) is 3.38. The molecule has 5 nitrogen and oxygen atoms in total. The zero-order chi connectivity index (χ0) is 21.5. The minimum Gasteiger partial charge on any atom is -0.378 e. The van der Waals surface area contributed by atoms with E-state index in [4.69, 9.17) is 4.98 Å². The van der Waals surface area contributed by atoms with Crippen molar-refractivity contribution in [2.24, 2.45) is 0 Å². The van der Waals surface area contributed by atoms with Gasteiger partial charge in [-0.05, 0) is 36.8 Å². The molecule has 1 aromatic heterocycles. The standard InChI is InChI=1S/C26H24N4O/c1-17-23(25(31)19-9-5-4-6-10-19)24(18-13-15-20(16-14-18)29(2)3)30-22-12-8-7-11-21(22)28-26(30)27-17/h4-16,24H,1-3H3,(H,27,28)/t24-/m0/s1. The first-order valence-corrected chi connectivity index (χ1v) is 10.4. The molecule has 5 heteroatoms. The van der Waals surface area contributed by atoms with Crippen LogP contribution in [0.2, 0.25) is 0 Å². The molecule has 1 N–H and O–H groups in total. The Morgan fingerprint density at radius 3 is 2.32 bits per heavy atom. The van der Waals surface area contributed by atoms with Crippen molar-refractivity contribution in [3.8, 4) is 0 Å². The molecule has 3 aromatic carbocycles. The average Bonchev–Trinajstić information content (AvgIpc) is 3.16. The summed E-state index contributed by atoms with van der Waals surface area (Å²) in [6, 6.07) is 25.7. The number of carbonyl (C=O) groups excluding carboxylic acids is 1. The van der Waals surface area contributed by atoms with Crippen LogP contribution < -0.4 is 10.2 Å². The number of para-hydroxylation sites is 2. The van der Waals surface area contributed by atoms with Gasteiger partial charge in [0.05, 0.1) is 17.1 Å². The number of carbonyl (C=O) groups is 1. The van der Waals surface area contributed by atoms with Gasteiger partial charge in [-0.2, -0.15) is 0 Å². The van der Waals surface area contributed by atoms with E-state index in [1.54, 1.807) is 0 Å². The summed E-state index contributed by atoms with van der Waals surface area (Å²) in [5.74, 6) is 0.778. The number of anilines is 2. The first kappa shape index (κ1) is 19.1. The third-order valence-corrected chi connectivity index (χ3v) is 5.84. The molecule has 154 valence electrons. The second-order valence-electron chi connectivity index (χ2n) is 8.04. The molecule has 0 fully saturated rings. The second-order valence-corrected chi connectivity index (χ2v) is 8.04. The van der Waals surface area contributed by atoms with Gasteiger partial charge in [0.1, 0.15) is 0 Å². The predicted molar refractivity (Wildman–Crippen MR) is 126 cm³/mol. The largest absolute Gasteiger partial charge is 0.378 e. The first-order valence-electron chi connectivity index (χ1n) is 10.4. The van der Waals surface area contributed by atoms with Crippen LogP contribution in [0.3, 0.4) is 0 Å². The van der Waals surface area contributed by atoms with Gasteiger partial charge in [0, 0.05) is 36.6 Å². The van der Waals surface area contributed by atoms with Crippen molar-refractivity contribution in [2.75, 3.05) is 24.3 Å². The molecule has 0 aliphatic carbocycles. The number of imidazole rings is 1. The minimum atomic E-state index is -0.271. The van der Waals surface area contributed by atoms with E-state index in [-0.39, 0.29) is 11.8 Å². The highest BCUT2D eigenvalue weighted by atomic mass is 16.1. The van der Waals surface area contributed by atoms with E-state index >= 15 is 0 Å². The third kappa shape index (κ3) is 3.19. The maximum Gasteiger partial charge on any atom is 0.209 e. The number of fused-ring (bicyclic) bond motifs is 3. The molecule has 1 aliphatic heterocycles. The number of nitrogens with zero attached hydrogens (tertiary/aromatic N) is 3. The summed E-state index contributed by atoms with van der Waals surface area (Å²) < 4.78 is 2.14. The van der Waals surface area contributed by atoms with E-state index in [1.165, 1.54) is 0 Å². The van der Waals surface area contributed by atoms with Crippen molar-refractivity contribution in [2.45, 2.75) is 13.0 Å². The highest BCUT2D eigenvalue weighted by Crippen LogP contribution is 2.40. The van der Waals surface area contributed by atoms with Crippen LogP contribution in [0.25, 0.3) is 11.0 Å². The molecule has 2 heterocycles. The monoisotopic (exact) mass is 408 g/mol. The van der Waals surface area contributed by atoms with Crippen molar-refractivity contribution in [3.63, 3.8) is 0 Å². The Morgan fingerprint density at radius 2 is 1.61 bits per heavy atom. The number of hydrogen-bond acceptors (Lipinski definition) is 4. The van der Waals surface area contributed by atoms with Gasteiger partial charge in [-0.3, -0.25) is 9.36 Å². The Balaban J connectivity index is 1.73. The number of hydrogen-bond donors (Lipinski definition) is 1. The van der Waals surface area contributed by atoms with Crippen molar-refractivity contribution in [1.29, 1.82) is 0 Å². The third-order valence-electron chi connectivity index (χ3n) is 5.84. The van der Waals surface area contributed by atoms with Crippen molar-refractivity contribution >= 4 is 28.5 Å². The smallest absolute Gasteiger partial charge is 0.209 e. The zero-order valence-electron chi connectivity index (χ0n) is 17.8. The van der Waals surface area contributed by atoms with Gasteiger partial charge in [0.2, 0.25) is 5.95 Å². The molecule has 0 radical (unpaired) electrons. The molecule has 0 spiro atoms. The lowest BCUT2D eigenvalue weighted by Crippen LogP contribution is -2.28. The van der Waals surface area contributed by atoms with Crippen molar-refractivity contribution < 1.29 is 4.79 Å². The predicted octanol–water partition coefficient (Wildman–Crippen LogP) is 5.27. The van der Waals surface area contributed by atoms with Crippen LogP contribution in [0.1, 0.15) is 28.9 Å². The van der Waals surface area contributed by atoms with Crippen LogP contribution in [0.4, 0.5) is 11.6 Å². The molecule has 0 unspecified atom stereocenters. The lowest BCUT2D eigenvalue weighted by Gasteiger charge is -2.31. The normalized spacial score (nSPS) is 15.5. The van der Waals surface area contributed by atoms with Gasteiger partial charge in [0.25, 0.3) is 0 Å². The van der Waals surface area contributed by atoms with Gasteiger partial charge < -0.3 is 10.2 Å². The summed E-state index contributed by atoms with van der Waals surface area (Å²) in [7, 11) is 4.05. The highest BCUT2D eigenvalue weighted by molar-refractivity contribution is 6.11. The Morgan fingerprint density at radius 1 is 0.935 bits per heavy atom. The quantitative estimate of drug-likeness (QED) is 0.467. The van der Waals surface area contributed by atoms with Crippen molar-refractivity contribution in [1.82, 2.24) is 9.55 Å². The summed E-state index contributed by atoms with van der Waals surface area (Å²) >= 11 is 0. The van der Waals surface area contributed by atoms with Gasteiger partial charge in [-0.1, -0.05) is 54.6 Å². The molecule has 0 bridgehead atoms. The number of rotatable bonds is 4. The summed E-state index contributed by atoms with van der Waals surface area (Å²) in [5.41, 5.74) is 6.32. The lowest BCUT2D eigenvalue weighted by molar-refractivity contribution is 0.102. The fraction of sp³-hybridized carbons (Fsp3) is 0.154. The van der Waals surface area contributed by atoms with Crippen LogP contribution in [0.5, 0.6) is 0 Å². The minimum absolute atomic E-state index is 0.0238. The second kappa shape index (κ2) is 7.43. The molecular weight excluding hydrogens is 384 g/mol. The number of allylic oxidation sites excluding steroid dienone is 2. The van der Waals surface area contributed by atoms with Gasteiger partial charge in [-0.15, -0.1) is 0 Å². The molecule has 31 heavy (non-hydrogen) atoms. The molecule has 1 aliphatic rings. The molecular formula is C26H24N4O. The van der Waals surface area contributed by atoms with Crippen LogP contribution in [-0.2, 0) is 0 Å². The molecule has 0 amide bonds. The summed E-state index contributed by atoms with van der Waals surface area (Å²) in [6.07, 6.45) is 0. The summed E-state index contributed by atoms with van der Waals surface area (Å²) in [6.45, 7) is 1.96. The Kier molecular flexibility index (Phi) is 4.59. The van der Waals surface area contributed by atoms with E-state index < -0.39 is 0 Å². The molecule has 0 saturated carbocycles. The van der Waals surface area contributed by atoms with Gasteiger partial charge in [0.15, 0.2) is 5.78 Å². The number of nitrogens with one attached hydrogen (secondary N) is 1. The number of ketones is 1. The maximum atomic E-state index is 13.7. The fourth-order valence-corrected chi connectivity index (χ4v) is 4.27. The van der Waals surface area contributed by atoms with Crippen LogP contribution >= 0.6 is 0 Å². The van der Waals surface area contributed by atoms with E-state index in [0.717, 1.165) is 39.5 Å². The SMILES string of the molecule is CC1=C(C(=O)c2ccccc2)[C@H](c2ccc(N(C)C)cc2)n2c(nc3ccccc32)N1. The van der Waals surface area contributed by atoms with E-state index in [2.05, 4.69) is 45.1 Å². The van der Waals surface area contributed by atoms with Gasteiger partial charge in [-0.25, -0.2) is 4.98 Å². The number of Topliss-reactive ketones (excluding diaryl/α,β-unsaturated/α-hetero) is 1. The fourth-order valence-electron chi connectivity index (χ4n) is 4.27. The average molecular weight is 409 g/mol.